The second kappa shape index (κ2) is 5.72. The van der Waals surface area contributed by atoms with Crippen LogP contribution in [0.2, 0.25) is 0 Å². The minimum Gasteiger partial charge on any atom is -0.378 e. The van der Waals surface area contributed by atoms with Gasteiger partial charge >= 0.3 is 0 Å². The average Bonchev–Trinajstić information content (AvgIpc) is 2.39. The molecule has 0 radical (unpaired) electrons. The summed E-state index contributed by atoms with van der Waals surface area (Å²) in [7, 11) is 0. The maximum Gasteiger partial charge on any atom is 0.0623 e. The van der Waals surface area contributed by atoms with Gasteiger partial charge in [0.05, 0.1) is 13.2 Å². The molecule has 2 unspecified atom stereocenters. The van der Waals surface area contributed by atoms with Crippen LogP contribution in [0.5, 0.6) is 0 Å². The second-order valence-electron chi connectivity index (χ2n) is 5.49. The maximum atomic E-state index is 5.74. The molecule has 18 heavy (non-hydrogen) atoms. The van der Waals surface area contributed by atoms with Crippen molar-refractivity contribution in [2.75, 3.05) is 18.5 Å². The normalized spacial score (nSPS) is 32.4. The first-order valence-corrected chi connectivity index (χ1v) is 7.92. The van der Waals surface area contributed by atoms with E-state index >= 15 is 0 Å². The van der Waals surface area contributed by atoms with E-state index in [1.165, 1.54) is 18.4 Å². The Morgan fingerprint density at radius 1 is 1.11 bits per heavy atom. The lowest BCUT2D eigenvalue weighted by atomic mass is 9.86. The smallest absolute Gasteiger partial charge is 0.0623 e. The van der Waals surface area contributed by atoms with Crippen LogP contribution in [0.4, 0.5) is 0 Å². The van der Waals surface area contributed by atoms with Gasteiger partial charge in [0.2, 0.25) is 0 Å². The van der Waals surface area contributed by atoms with Crippen molar-refractivity contribution in [3.63, 3.8) is 0 Å². The molecule has 0 aromatic heterocycles. The van der Waals surface area contributed by atoms with Crippen molar-refractivity contribution in [2.45, 2.75) is 31.5 Å². The molecule has 3 rings (SSSR count). The number of piperidine rings is 1. The SMILES string of the molecule is BrCC1CC2COCC(C1)N2Cc1ccccc1. The molecule has 0 saturated carbocycles. The van der Waals surface area contributed by atoms with Crippen molar-refractivity contribution in [2.24, 2.45) is 5.92 Å². The van der Waals surface area contributed by atoms with Crippen molar-refractivity contribution in [3.05, 3.63) is 35.9 Å². The predicted molar refractivity (Wildman–Crippen MR) is 76.9 cm³/mol. The molecule has 1 aromatic rings. The van der Waals surface area contributed by atoms with E-state index in [0.29, 0.717) is 12.1 Å². The van der Waals surface area contributed by atoms with Gasteiger partial charge in [-0.05, 0) is 24.3 Å². The molecule has 98 valence electrons. The maximum absolute atomic E-state index is 5.74. The Bertz CT molecular complexity index is 369. The van der Waals surface area contributed by atoms with Crippen LogP contribution in [-0.4, -0.2) is 35.5 Å². The number of rotatable bonds is 3. The minimum absolute atomic E-state index is 0.611. The van der Waals surface area contributed by atoms with Gasteiger partial charge < -0.3 is 4.74 Å². The molecule has 2 nitrogen and oxygen atoms in total. The van der Waals surface area contributed by atoms with E-state index in [1.54, 1.807) is 0 Å². The van der Waals surface area contributed by atoms with Gasteiger partial charge in [0, 0.05) is 24.0 Å². The van der Waals surface area contributed by atoms with E-state index in [9.17, 15) is 0 Å². The molecule has 2 saturated heterocycles. The van der Waals surface area contributed by atoms with E-state index < -0.39 is 0 Å². The Kier molecular flexibility index (Phi) is 4.02. The second-order valence-corrected chi connectivity index (χ2v) is 6.14. The van der Waals surface area contributed by atoms with Gasteiger partial charge in [-0.1, -0.05) is 46.3 Å². The standard InChI is InChI=1S/C15H20BrNO/c16-8-13-6-14-10-18-11-15(7-13)17(14)9-12-4-2-1-3-5-12/h1-5,13-15H,6-11H2. The fourth-order valence-corrected chi connectivity index (χ4v) is 3.81. The van der Waals surface area contributed by atoms with Crippen molar-refractivity contribution >= 4 is 15.9 Å². The van der Waals surface area contributed by atoms with E-state index in [2.05, 4.69) is 51.2 Å². The molecule has 2 heterocycles. The van der Waals surface area contributed by atoms with E-state index in [0.717, 1.165) is 31.0 Å². The van der Waals surface area contributed by atoms with Crippen LogP contribution in [0.1, 0.15) is 18.4 Å². The zero-order valence-corrected chi connectivity index (χ0v) is 12.2. The van der Waals surface area contributed by atoms with Crippen LogP contribution in [0, 0.1) is 5.92 Å². The first-order valence-electron chi connectivity index (χ1n) is 6.80. The van der Waals surface area contributed by atoms with Gasteiger partial charge in [-0.15, -0.1) is 0 Å². The van der Waals surface area contributed by atoms with E-state index in [-0.39, 0.29) is 0 Å². The summed E-state index contributed by atoms with van der Waals surface area (Å²) >= 11 is 3.65. The summed E-state index contributed by atoms with van der Waals surface area (Å²) in [5, 5.41) is 1.14. The van der Waals surface area contributed by atoms with Crippen LogP contribution in [0.25, 0.3) is 0 Å². The number of nitrogens with zero attached hydrogens (tertiary/aromatic N) is 1. The van der Waals surface area contributed by atoms with Gasteiger partial charge in [0.1, 0.15) is 0 Å². The van der Waals surface area contributed by atoms with Gasteiger partial charge in [-0.3, -0.25) is 4.90 Å². The highest BCUT2D eigenvalue weighted by Crippen LogP contribution is 2.33. The van der Waals surface area contributed by atoms with Crippen molar-refractivity contribution in [3.8, 4) is 0 Å². The quantitative estimate of drug-likeness (QED) is 0.796. The number of halogens is 1. The molecule has 2 aliphatic rings. The molecular formula is C15H20BrNO. The summed E-state index contributed by atoms with van der Waals surface area (Å²) in [5.41, 5.74) is 1.42. The number of alkyl halides is 1. The van der Waals surface area contributed by atoms with Gasteiger partial charge in [0.15, 0.2) is 0 Å². The molecule has 1 aromatic carbocycles. The Labute approximate surface area is 117 Å². The lowest BCUT2D eigenvalue weighted by Gasteiger charge is -2.48. The number of benzene rings is 1. The van der Waals surface area contributed by atoms with Crippen LogP contribution in [-0.2, 0) is 11.3 Å². The fourth-order valence-electron chi connectivity index (χ4n) is 3.28. The molecule has 0 amide bonds. The van der Waals surface area contributed by atoms with Gasteiger partial charge in [-0.2, -0.15) is 0 Å². The molecule has 3 heteroatoms. The fraction of sp³-hybridized carbons (Fsp3) is 0.600. The topological polar surface area (TPSA) is 12.5 Å². The van der Waals surface area contributed by atoms with Crippen LogP contribution < -0.4 is 0 Å². The van der Waals surface area contributed by atoms with Gasteiger partial charge in [0.25, 0.3) is 0 Å². The predicted octanol–water partition coefficient (Wildman–Crippen LogP) is 3.06. The monoisotopic (exact) mass is 309 g/mol. The third-order valence-corrected chi connectivity index (χ3v) is 5.11. The molecule has 2 bridgehead atoms. The van der Waals surface area contributed by atoms with E-state index in [1.807, 2.05) is 0 Å². The largest absolute Gasteiger partial charge is 0.378 e. The molecule has 0 spiro atoms. The Balaban J connectivity index is 1.72. The summed E-state index contributed by atoms with van der Waals surface area (Å²) in [4.78, 5) is 2.66. The van der Waals surface area contributed by atoms with Crippen LogP contribution in [0.3, 0.4) is 0 Å². The molecule has 2 atom stereocenters. The Hall–Kier alpha value is -0.380. The van der Waals surface area contributed by atoms with Crippen LogP contribution >= 0.6 is 15.9 Å². The number of hydrogen-bond acceptors (Lipinski definition) is 2. The molecule has 0 N–H and O–H groups in total. The highest BCUT2D eigenvalue weighted by Gasteiger charge is 2.38. The number of morpholine rings is 1. The highest BCUT2D eigenvalue weighted by atomic mass is 79.9. The van der Waals surface area contributed by atoms with Crippen molar-refractivity contribution < 1.29 is 4.74 Å². The van der Waals surface area contributed by atoms with Crippen molar-refractivity contribution in [1.82, 2.24) is 4.90 Å². The first kappa shape index (κ1) is 12.6. The molecule has 0 aliphatic carbocycles. The van der Waals surface area contributed by atoms with Gasteiger partial charge in [-0.25, -0.2) is 0 Å². The summed E-state index contributed by atoms with van der Waals surface area (Å²) in [6.45, 7) is 2.90. The van der Waals surface area contributed by atoms with Crippen molar-refractivity contribution in [1.29, 1.82) is 0 Å². The first-order chi connectivity index (χ1) is 8.86. The highest BCUT2D eigenvalue weighted by molar-refractivity contribution is 9.09. The molecule has 2 aliphatic heterocycles. The van der Waals surface area contributed by atoms with E-state index in [4.69, 9.17) is 4.74 Å². The lowest BCUT2D eigenvalue weighted by molar-refractivity contribution is -0.0889. The summed E-state index contributed by atoms with van der Waals surface area (Å²) in [6.07, 6.45) is 2.54. The molecule has 2 fully saturated rings. The lowest BCUT2D eigenvalue weighted by Crippen LogP contribution is -2.56. The number of hydrogen-bond donors (Lipinski definition) is 0. The summed E-state index contributed by atoms with van der Waals surface area (Å²) in [5.74, 6) is 0.830. The summed E-state index contributed by atoms with van der Waals surface area (Å²) < 4.78 is 5.74. The number of ether oxygens (including phenoxy) is 1. The summed E-state index contributed by atoms with van der Waals surface area (Å²) in [6, 6.07) is 12.0. The molecular weight excluding hydrogens is 290 g/mol. The average molecular weight is 310 g/mol. The third kappa shape index (κ3) is 2.63. The number of fused-ring (bicyclic) bond motifs is 2. The zero-order chi connectivity index (χ0) is 12.4. The minimum atomic E-state index is 0.611. The zero-order valence-electron chi connectivity index (χ0n) is 10.6. The third-order valence-electron chi connectivity index (χ3n) is 4.20. The Morgan fingerprint density at radius 3 is 2.39 bits per heavy atom. The Morgan fingerprint density at radius 2 is 1.78 bits per heavy atom. The van der Waals surface area contributed by atoms with Crippen LogP contribution in [0.15, 0.2) is 30.3 Å².